The third-order valence-electron chi connectivity index (χ3n) is 7.68. The van der Waals surface area contributed by atoms with E-state index in [4.69, 9.17) is 0 Å². The van der Waals surface area contributed by atoms with Crippen molar-refractivity contribution >= 4 is 17.2 Å². The summed E-state index contributed by atoms with van der Waals surface area (Å²) in [5.41, 5.74) is -4.15. The van der Waals surface area contributed by atoms with Crippen LogP contribution in [0.15, 0.2) is 60.2 Å². The number of hydrogen-bond acceptors (Lipinski definition) is 5. The fraction of sp³-hybridized carbons (Fsp3) is 0.320. The van der Waals surface area contributed by atoms with Crippen molar-refractivity contribution in [1.29, 1.82) is 10.5 Å². The number of rotatable bonds is 4. The number of non-ortho nitro benzene ring substituents is 1. The number of carbonyl (C=O) groups is 1. The van der Waals surface area contributed by atoms with Crippen LogP contribution in [-0.2, 0) is 4.79 Å². The first-order valence-corrected chi connectivity index (χ1v) is 10.6. The van der Waals surface area contributed by atoms with Gasteiger partial charge in [-0.05, 0) is 30.0 Å². The monoisotopic (exact) mass is 480 g/mol. The highest BCUT2D eigenvalue weighted by molar-refractivity contribution is 5.91. The van der Waals surface area contributed by atoms with E-state index in [1.807, 2.05) is 0 Å². The summed E-state index contributed by atoms with van der Waals surface area (Å²) in [7, 11) is 0. The number of hydrogen-bond donors (Lipinski definition) is 1. The van der Waals surface area contributed by atoms with Crippen LogP contribution in [0.2, 0.25) is 0 Å². The van der Waals surface area contributed by atoms with Crippen molar-refractivity contribution < 1.29 is 22.9 Å². The number of benzene rings is 2. The summed E-state index contributed by atoms with van der Waals surface area (Å²) in [6.07, 6.45) is -5.20. The number of halogens is 3. The molecular formula is C25H19F3N4O3. The molecule has 7 nitrogen and oxygen atoms in total. The van der Waals surface area contributed by atoms with Crippen LogP contribution in [0.25, 0.3) is 5.57 Å². The molecule has 1 N–H and O–H groups in total. The third kappa shape index (κ3) is 3.06. The van der Waals surface area contributed by atoms with Gasteiger partial charge in [-0.15, -0.1) is 0 Å². The van der Waals surface area contributed by atoms with E-state index in [-0.39, 0.29) is 23.3 Å². The van der Waals surface area contributed by atoms with Gasteiger partial charge in [0.1, 0.15) is 5.41 Å². The van der Waals surface area contributed by atoms with Gasteiger partial charge in [-0.25, -0.2) is 0 Å². The molecule has 2 bridgehead atoms. The predicted molar refractivity (Wildman–Crippen MR) is 118 cm³/mol. The Kier molecular flexibility index (Phi) is 5.25. The zero-order valence-corrected chi connectivity index (χ0v) is 18.7. The maximum atomic E-state index is 13.4. The molecule has 0 heterocycles. The maximum Gasteiger partial charge on any atom is 0.471 e. The molecule has 2 aliphatic carbocycles. The highest BCUT2D eigenvalue weighted by atomic mass is 19.4. The van der Waals surface area contributed by atoms with Crippen LogP contribution in [0.3, 0.4) is 0 Å². The average molecular weight is 480 g/mol. The summed E-state index contributed by atoms with van der Waals surface area (Å²) in [4.78, 5) is 23.0. The molecule has 0 spiro atoms. The second kappa shape index (κ2) is 7.67. The molecular weight excluding hydrogens is 461 g/mol. The summed E-state index contributed by atoms with van der Waals surface area (Å²) < 4.78 is 40.2. The Morgan fingerprint density at radius 2 is 1.80 bits per heavy atom. The van der Waals surface area contributed by atoms with Crippen LogP contribution in [0.5, 0.6) is 0 Å². The normalized spacial score (nSPS) is 29.4. The molecule has 4 rings (SSSR count). The first-order chi connectivity index (χ1) is 16.4. The Bertz CT molecular complexity index is 1360. The molecule has 4 atom stereocenters. The fourth-order valence-electron chi connectivity index (χ4n) is 5.96. The van der Waals surface area contributed by atoms with Gasteiger partial charge in [0, 0.05) is 29.0 Å². The van der Waals surface area contributed by atoms with Gasteiger partial charge in [-0.1, -0.05) is 49.4 Å². The van der Waals surface area contributed by atoms with Crippen molar-refractivity contribution in [2.75, 3.05) is 0 Å². The Morgan fingerprint density at radius 1 is 1.14 bits per heavy atom. The van der Waals surface area contributed by atoms with E-state index in [2.05, 4.69) is 17.5 Å². The molecule has 35 heavy (non-hydrogen) atoms. The van der Waals surface area contributed by atoms with Crippen molar-refractivity contribution in [2.24, 2.45) is 10.8 Å². The summed E-state index contributed by atoms with van der Waals surface area (Å²) in [5, 5.41) is 34.3. The van der Waals surface area contributed by atoms with Crippen LogP contribution in [0.1, 0.15) is 37.3 Å². The van der Waals surface area contributed by atoms with Crippen molar-refractivity contribution in [3.8, 4) is 12.1 Å². The highest BCUT2D eigenvalue weighted by Crippen LogP contribution is 2.76. The van der Waals surface area contributed by atoms with Gasteiger partial charge in [0.15, 0.2) is 0 Å². The van der Waals surface area contributed by atoms with E-state index in [0.29, 0.717) is 11.1 Å². The first-order valence-electron chi connectivity index (χ1n) is 10.6. The van der Waals surface area contributed by atoms with E-state index < -0.39 is 39.3 Å². The van der Waals surface area contributed by atoms with Gasteiger partial charge in [0.2, 0.25) is 0 Å². The molecule has 2 aromatic rings. The number of nitrogens with one attached hydrogen (secondary N) is 1. The molecule has 1 fully saturated rings. The molecule has 2 aliphatic rings. The Morgan fingerprint density at radius 3 is 2.34 bits per heavy atom. The molecule has 10 heteroatoms. The van der Waals surface area contributed by atoms with Gasteiger partial charge in [0.05, 0.1) is 22.6 Å². The lowest BCUT2D eigenvalue weighted by Gasteiger charge is -2.44. The SMILES string of the molecule is CC1(NC(=O)C(F)(F)F)[C@@]2(C)C[C@H](c3cccc([N+](=O)[O-])c3)[C@]1(C#N)C(c1ccccc1)=C2C#N. The van der Waals surface area contributed by atoms with E-state index in [0.717, 1.165) is 0 Å². The summed E-state index contributed by atoms with van der Waals surface area (Å²) in [6, 6.07) is 18.2. The Balaban J connectivity index is 2.06. The Hall–Kier alpha value is -4.18. The number of nitro groups is 1. The number of carbonyl (C=O) groups excluding carboxylic acids is 1. The Labute approximate surface area is 198 Å². The number of alkyl halides is 3. The third-order valence-corrected chi connectivity index (χ3v) is 7.68. The zero-order chi connectivity index (χ0) is 25.8. The molecule has 2 aromatic carbocycles. The van der Waals surface area contributed by atoms with Crippen molar-refractivity contribution in [3.63, 3.8) is 0 Å². The van der Waals surface area contributed by atoms with Crippen LogP contribution < -0.4 is 5.32 Å². The van der Waals surface area contributed by atoms with E-state index in [9.17, 15) is 38.6 Å². The lowest BCUT2D eigenvalue weighted by atomic mass is 9.62. The van der Waals surface area contributed by atoms with Crippen molar-refractivity contribution in [3.05, 3.63) is 81.4 Å². The zero-order valence-electron chi connectivity index (χ0n) is 18.7. The predicted octanol–water partition coefficient (Wildman–Crippen LogP) is 5.03. The largest absolute Gasteiger partial charge is 0.471 e. The minimum Gasteiger partial charge on any atom is -0.340 e. The second-order valence-electron chi connectivity index (χ2n) is 9.17. The summed E-state index contributed by atoms with van der Waals surface area (Å²) in [5.74, 6) is -3.07. The second-order valence-corrected chi connectivity index (χ2v) is 9.17. The quantitative estimate of drug-likeness (QED) is 0.486. The van der Waals surface area contributed by atoms with Gasteiger partial charge in [0.25, 0.3) is 5.69 Å². The first kappa shape index (κ1) is 24.0. The van der Waals surface area contributed by atoms with E-state index in [1.165, 1.54) is 25.1 Å². The molecule has 0 radical (unpaired) electrons. The van der Waals surface area contributed by atoms with Crippen LogP contribution in [0, 0.1) is 43.6 Å². The van der Waals surface area contributed by atoms with Crippen LogP contribution >= 0.6 is 0 Å². The molecule has 0 saturated heterocycles. The van der Waals surface area contributed by atoms with Crippen LogP contribution in [0.4, 0.5) is 18.9 Å². The molecule has 178 valence electrons. The minimum absolute atomic E-state index is 0.0234. The van der Waals surface area contributed by atoms with Gasteiger partial charge >= 0.3 is 12.1 Å². The summed E-state index contributed by atoms with van der Waals surface area (Å²) in [6.45, 7) is 2.91. The molecule has 1 unspecified atom stereocenters. The highest BCUT2D eigenvalue weighted by Gasteiger charge is 2.77. The minimum atomic E-state index is -5.22. The molecule has 1 saturated carbocycles. The van der Waals surface area contributed by atoms with E-state index >= 15 is 0 Å². The number of fused-ring (bicyclic) bond motifs is 2. The van der Waals surface area contributed by atoms with Gasteiger partial charge < -0.3 is 5.32 Å². The topological polar surface area (TPSA) is 120 Å². The number of nitriles is 2. The molecule has 0 aliphatic heterocycles. The number of nitrogens with zero attached hydrogens (tertiary/aromatic N) is 3. The smallest absolute Gasteiger partial charge is 0.340 e. The van der Waals surface area contributed by atoms with Gasteiger partial charge in [-0.2, -0.15) is 23.7 Å². The average Bonchev–Trinajstić information content (AvgIpc) is 3.11. The molecule has 0 aromatic heterocycles. The van der Waals surface area contributed by atoms with E-state index in [1.54, 1.807) is 43.3 Å². The molecule has 1 amide bonds. The van der Waals surface area contributed by atoms with Crippen molar-refractivity contribution in [1.82, 2.24) is 5.32 Å². The number of nitro benzene ring substituents is 1. The van der Waals surface area contributed by atoms with Crippen LogP contribution in [-0.4, -0.2) is 22.5 Å². The summed E-state index contributed by atoms with van der Waals surface area (Å²) >= 11 is 0. The lowest BCUT2D eigenvalue weighted by molar-refractivity contribution is -0.384. The maximum absolute atomic E-state index is 13.4. The van der Waals surface area contributed by atoms with Crippen molar-refractivity contribution in [2.45, 2.75) is 37.9 Å². The number of amides is 1. The van der Waals surface area contributed by atoms with Gasteiger partial charge in [-0.3, -0.25) is 14.9 Å². The lowest BCUT2D eigenvalue weighted by Crippen LogP contribution is -2.62. The fourth-order valence-corrected chi connectivity index (χ4v) is 5.96. The standard InChI is InChI=1S/C25H19F3N4O3/c1-22-12-18(16-9-6-10-17(11-16)32(34)35)24(14-30,23(22,2)31-21(33)25(26,27)28)20(19(22)13-29)15-7-4-3-5-8-15/h3-11,18H,12H2,1-2H3,(H,31,33)/t18-,22+,23?,24-/m1/s1.